The van der Waals surface area contributed by atoms with Crippen molar-refractivity contribution < 1.29 is 14.3 Å². The summed E-state index contributed by atoms with van der Waals surface area (Å²) in [4.78, 5) is 15.1. The third kappa shape index (κ3) is 1.75. The summed E-state index contributed by atoms with van der Waals surface area (Å²) in [6.07, 6.45) is 5.00. The van der Waals surface area contributed by atoms with Gasteiger partial charge in [-0.2, -0.15) is 0 Å². The summed E-state index contributed by atoms with van der Waals surface area (Å²) in [7, 11) is 0. The van der Waals surface area contributed by atoms with Gasteiger partial charge < -0.3 is 14.1 Å². The molecule has 0 saturated carbocycles. The number of carboxylic acid groups (broad SMARTS) is 1. The van der Waals surface area contributed by atoms with Crippen LogP contribution in [0.4, 0.5) is 0 Å². The van der Waals surface area contributed by atoms with E-state index in [1.54, 1.807) is 37.1 Å². The number of carboxylic acids is 1. The van der Waals surface area contributed by atoms with Crippen molar-refractivity contribution >= 4 is 17.0 Å². The van der Waals surface area contributed by atoms with Crippen LogP contribution in [0.5, 0.6) is 0 Å². The van der Waals surface area contributed by atoms with E-state index in [1.165, 1.54) is 0 Å². The van der Waals surface area contributed by atoms with Crippen molar-refractivity contribution in [2.24, 2.45) is 0 Å². The Morgan fingerprint density at radius 3 is 3.00 bits per heavy atom. The molecule has 0 aliphatic rings. The van der Waals surface area contributed by atoms with Crippen LogP contribution in [-0.4, -0.2) is 20.6 Å². The minimum absolute atomic E-state index is 0.246. The molecular weight excluding hydrogens is 232 g/mol. The molecule has 0 aliphatic carbocycles. The Morgan fingerprint density at radius 2 is 2.28 bits per heavy atom. The number of rotatable bonds is 3. The van der Waals surface area contributed by atoms with E-state index in [0.29, 0.717) is 12.1 Å². The highest BCUT2D eigenvalue weighted by molar-refractivity contribution is 5.92. The molecule has 0 saturated heterocycles. The molecule has 0 unspecified atom stereocenters. The molecule has 0 amide bonds. The van der Waals surface area contributed by atoms with E-state index < -0.39 is 5.97 Å². The first-order valence-electron chi connectivity index (χ1n) is 5.43. The standard InChI is InChI=1S/C13H10N2O3/c16-13(17)10-1-2-12-11(5-10)14-8-15(12)6-9-3-4-18-7-9/h1-5,7-8H,6H2,(H,16,17). The number of furan rings is 1. The smallest absolute Gasteiger partial charge is 0.335 e. The predicted octanol–water partition coefficient (Wildman–Crippen LogP) is 2.38. The van der Waals surface area contributed by atoms with E-state index in [1.807, 2.05) is 10.6 Å². The molecule has 1 aromatic carbocycles. The van der Waals surface area contributed by atoms with Crippen LogP contribution in [-0.2, 0) is 6.54 Å². The zero-order valence-corrected chi connectivity index (χ0v) is 9.41. The van der Waals surface area contributed by atoms with Crippen LogP contribution in [0, 0.1) is 0 Å². The van der Waals surface area contributed by atoms with Crippen molar-refractivity contribution in [3.63, 3.8) is 0 Å². The maximum Gasteiger partial charge on any atom is 0.335 e. The highest BCUT2D eigenvalue weighted by Crippen LogP contribution is 2.16. The van der Waals surface area contributed by atoms with Gasteiger partial charge in [-0.05, 0) is 24.3 Å². The van der Waals surface area contributed by atoms with E-state index >= 15 is 0 Å². The average Bonchev–Trinajstić information content (AvgIpc) is 2.99. The number of carbonyl (C=O) groups is 1. The fraction of sp³-hybridized carbons (Fsp3) is 0.0769. The van der Waals surface area contributed by atoms with Gasteiger partial charge in [0.15, 0.2) is 0 Å². The second kappa shape index (κ2) is 4.03. The van der Waals surface area contributed by atoms with Gasteiger partial charge in [-0.1, -0.05) is 0 Å². The summed E-state index contributed by atoms with van der Waals surface area (Å²) in [5, 5.41) is 8.91. The van der Waals surface area contributed by atoms with Crippen molar-refractivity contribution in [2.45, 2.75) is 6.54 Å². The number of nitrogens with zero attached hydrogens (tertiary/aromatic N) is 2. The predicted molar refractivity (Wildman–Crippen MR) is 64.5 cm³/mol. The summed E-state index contributed by atoms with van der Waals surface area (Å²) < 4.78 is 6.96. The Hall–Kier alpha value is -2.56. The molecule has 0 bridgehead atoms. The Morgan fingerprint density at radius 1 is 1.39 bits per heavy atom. The molecule has 3 rings (SSSR count). The molecule has 0 spiro atoms. The third-order valence-electron chi connectivity index (χ3n) is 2.80. The van der Waals surface area contributed by atoms with E-state index in [0.717, 1.165) is 11.1 Å². The van der Waals surface area contributed by atoms with Gasteiger partial charge in [0.05, 0.1) is 42.0 Å². The molecule has 2 heterocycles. The number of fused-ring (bicyclic) bond motifs is 1. The minimum atomic E-state index is -0.943. The van der Waals surface area contributed by atoms with Crippen molar-refractivity contribution in [1.29, 1.82) is 0 Å². The molecule has 90 valence electrons. The van der Waals surface area contributed by atoms with Crippen molar-refractivity contribution in [2.75, 3.05) is 0 Å². The third-order valence-corrected chi connectivity index (χ3v) is 2.80. The van der Waals surface area contributed by atoms with Gasteiger partial charge in [0, 0.05) is 5.56 Å². The lowest BCUT2D eigenvalue weighted by Gasteiger charge is -2.01. The normalized spacial score (nSPS) is 10.9. The number of benzene rings is 1. The van der Waals surface area contributed by atoms with Crippen LogP contribution in [0.15, 0.2) is 47.5 Å². The first kappa shape index (κ1) is 10.6. The second-order valence-electron chi connectivity index (χ2n) is 4.01. The van der Waals surface area contributed by atoms with Gasteiger partial charge in [0.25, 0.3) is 0 Å². The van der Waals surface area contributed by atoms with Crippen LogP contribution in [0.2, 0.25) is 0 Å². The number of hydrogen-bond acceptors (Lipinski definition) is 3. The summed E-state index contributed by atoms with van der Waals surface area (Å²) in [5.74, 6) is -0.943. The Labute approximate surface area is 102 Å². The lowest BCUT2D eigenvalue weighted by molar-refractivity contribution is 0.0697. The molecule has 0 atom stereocenters. The molecular formula is C13H10N2O3. The first-order chi connectivity index (χ1) is 8.74. The van der Waals surface area contributed by atoms with Gasteiger partial charge in [0.1, 0.15) is 0 Å². The summed E-state index contributed by atoms with van der Waals surface area (Å²) in [6, 6.07) is 6.81. The number of imidazole rings is 1. The van der Waals surface area contributed by atoms with E-state index in [2.05, 4.69) is 4.98 Å². The number of aromatic nitrogens is 2. The van der Waals surface area contributed by atoms with Gasteiger partial charge >= 0.3 is 5.97 Å². The summed E-state index contributed by atoms with van der Waals surface area (Å²) >= 11 is 0. The van der Waals surface area contributed by atoms with Crippen LogP contribution in [0.1, 0.15) is 15.9 Å². The molecule has 5 nitrogen and oxygen atoms in total. The summed E-state index contributed by atoms with van der Waals surface area (Å²) in [5.41, 5.74) is 2.87. The molecule has 18 heavy (non-hydrogen) atoms. The average molecular weight is 242 g/mol. The number of hydrogen-bond donors (Lipinski definition) is 1. The van der Waals surface area contributed by atoms with Gasteiger partial charge in [-0.25, -0.2) is 9.78 Å². The molecule has 0 fully saturated rings. The topological polar surface area (TPSA) is 68.3 Å². The van der Waals surface area contributed by atoms with Crippen LogP contribution in [0.25, 0.3) is 11.0 Å². The van der Waals surface area contributed by atoms with Crippen LogP contribution in [0.3, 0.4) is 0 Å². The van der Waals surface area contributed by atoms with E-state index in [4.69, 9.17) is 9.52 Å². The van der Waals surface area contributed by atoms with Gasteiger partial charge in [-0.3, -0.25) is 0 Å². The second-order valence-corrected chi connectivity index (χ2v) is 4.01. The molecule has 0 radical (unpaired) electrons. The van der Waals surface area contributed by atoms with Gasteiger partial charge in [-0.15, -0.1) is 0 Å². The van der Waals surface area contributed by atoms with E-state index in [-0.39, 0.29) is 5.56 Å². The monoisotopic (exact) mass is 242 g/mol. The lowest BCUT2D eigenvalue weighted by Crippen LogP contribution is -1.98. The largest absolute Gasteiger partial charge is 0.478 e. The minimum Gasteiger partial charge on any atom is -0.478 e. The van der Waals surface area contributed by atoms with Crippen LogP contribution < -0.4 is 0 Å². The molecule has 0 aliphatic heterocycles. The zero-order valence-electron chi connectivity index (χ0n) is 9.41. The van der Waals surface area contributed by atoms with Gasteiger partial charge in [0.2, 0.25) is 0 Å². The lowest BCUT2D eigenvalue weighted by atomic mass is 10.2. The Bertz CT molecular complexity index is 698. The maximum absolute atomic E-state index is 10.9. The van der Waals surface area contributed by atoms with Crippen LogP contribution >= 0.6 is 0 Å². The Kier molecular flexibility index (Phi) is 2.37. The maximum atomic E-state index is 10.9. The molecule has 2 aromatic heterocycles. The Balaban J connectivity index is 2.02. The quantitative estimate of drug-likeness (QED) is 0.765. The molecule has 3 aromatic rings. The fourth-order valence-corrected chi connectivity index (χ4v) is 1.90. The SMILES string of the molecule is O=C(O)c1ccc2c(c1)ncn2Cc1ccoc1. The van der Waals surface area contributed by atoms with Crippen molar-refractivity contribution in [1.82, 2.24) is 9.55 Å². The first-order valence-corrected chi connectivity index (χ1v) is 5.43. The highest BCUT2D eigenvalue weighted by Gasteiger charge is 2.08. The summed E-state index contributed by atoms with van der Waals surface area (Å²) in [6.45, 7) is 0.652. The molecule has 1 N–H and O–H groups in total. The van der Waals surface area contributed by atoms with Crippen molar-refractivity contribution in [3.05, 3.63) is 54.2 Å². The zero-order chi connectivity index (χ0) is 12.5. The van der Waals surface area contributed by atoms with Crippen molar-refractivity contribution in [3.8, 4) is 0 Å². The van der Waals surface area contributed by atoms with E-state index in [9.17, 15) is 4.79 Å². The number of aromatic carboxylic acids is 1. The highest BCUT2D eigenvalue weighted by atomic mass is 16.4. The molecule has 5 heteroatoms. The fourth-order valence-electron chi connectivity index (χ4n) is 1.90.